The van der Waals surface area contributed by atoms with Gasteiger partial charge in [0.05, 0.1) is 7.11 Å². The number of hydrogen-bond acceptors (Lipinski definition) is 4. The summed E-state index contributed by atoms with van der Waals surface area (Å²) in [6, 6.07) is 0. The molecule has 64 valence electrons. The van der Waals surface area contributed by atoms with Crippen molar-refractivity contribution in [2.75, 3.05) is 7.11 Å². The normalized spacial score (nSPS) is 5.90. The monoisotopic (exact) mass is 240 g/mol. The van der Waals surface area contributed by atoms with E-state index < -0.39 is 5.97 Å². The summed E-state index contributed by atoms with van der Waals surface area (Å²) in [5, 5.41) is 8.89. The molecule has 0 atom stereocenters. The van der Waals surface area contributed by atoms with Gasteiger partial charge in [0.1, 0.15) is 0 Å². The molecule has 0 aliphatic carbocycles. The van der Waals surface area contributed by atoms with Crippen LogP contribution in [0.25, 0.3) is 0 Å². The Morgan fingerprint density at radius 2 is 1.40 bits per heavy atom. The average molecular weight is 241 g/mol. The van der Waals surface area contributed by atoms with Crippen LogP contribution in [0.1, 0.15) is 13.8 Å². The van der Waals surface area contributed by atoms with Crippen LogP contribution in [0.4, 0.5) is 0 Å². The predicted octanol–water partition coefficient (Wildman–Crippen LogP) is -1.07. The molecule has 0 aromatic heterocycles. The van der Waals surface area contributed by atoms with Crippen molar-refractivity contribution in [2.24, 2.45) is 0 Å². The van der Waals surface area contributed by atoms with Gasteiger partial charge in [-0.15, -0.1) is 0 Å². The predicted molar refractivity (Wildman–Crippen MR) is 28.4 cm³/mol. The Kier molecular flexibility index (Phi) is 18.8. The van der Waals surface area contributed by atoms with E-state index in [-0.39, 0.29) is 28.3 Å². The molecule has 0 radical (unpaired) electrons. The van der Waals surface area contributed by atoms with Crippen LogP contribution in [0.3, 0.4) is 0 Å². The third kappa shape index (κ3) is 121. The van der Waals surface area contributed by atoms with E-state index in [1.54, 1.807) is 0 Å². The van der Waals surface area contributed by atoms with Crippen LogP contribution < -0.4 is 5.11 Å². The number of rotatable bonds is 0. The summed E-state index contributed by atoms with van der Waals surface area (Å²) < 4.78 is 4.11. The molecule has 0 amide bonds. The maximum absolute atomic E-state index is 9.59. The number of hydrogen-bond donors (Lipinski definition) is 0. The van der Waals surface area contributed by atoms with Gasteiger partial charge in [-0.05, 0) is 6.92 Å². The van der Waals surface area contributed by atoms with Crippen molar-refractivity contribution in [3.05, 3.63) is 0 Å². The molecule has 0 spiro atoms. The molecule has 4 nitrogen and oxygen atoms in total. The van der Waals surface area contributed by atoms with Gasteiger partial charge in [-0.3, -0.25) is 4.79 Å². The first-order valence-corrected chi connectivity index (χ1v) is 2.22. The van der Waals surface area contributed by atoms with Crippen LogP contribution in [0.2, 0.25) is 0 Å². The van der Waals surface area contributed by atoms with Crippen molar-refractivity contribution in [3.8, 4) is 0 Å². The quantitative estimate of drug-likeness (QED) is 0.400. The molecule has 0 aliphatic heterocycles. The van der Waals surface area contributed by atoms with Crippen LogP contribution in [-0.4, -0.2) is 19.0 Å². The van der Waals surface area contributed by atoms with E-state index in [4.69, 9.17) is 9.90 Å². The van der Waals surface area contributed by atoms with Gasteiger partial charge < -0.3 is 14.6 Å². The molecule has 10 heavy (non-hydrogen) atoms. The minimum Gasteiger partial charge on any atom is -0.550 e. The number of carboxylic acid groups (broad SMARTS) is 1. The fourth-order valence-corrected chi connectivity index (χ4v) is 0. The van der Waals surface area contributed by atoms with Crippen LogP contribution >= 0.6 is 0 Å². The number of carboxylic acids is 1. The first-order valence-electron chi connectivity index (χ1n) is 2.22. The van der Waals surface area contributed by atoms with E-state index in [1.165, 1.54) is 14.0 Å². The zero-order chi connectivity index (χ0) is 7.86. The molecule has 0 fully saturated rings. The minimum absolute atomic E-state index is 0. The molecule has 0 aromatic rings. The van der Waals surface area contributed by atoms with Crippen molar-refractivity contribution in [2.45, 2.75) is 13.8 Å². The Morgan fingerprint density at radius 3 is 1.40 bits per heavy atom. The van der Waals surface area contributed by atoms with Crippen molar-refractivity contribution < 1.29 is 41.8 Å². The number of esters is 1. The number of methoxy groups -OCH3 is 1. The summed E-state index contributed by atoms with van der Waals surface area (Å²) in [5.74, 6) is -1.33. The molecule has 0 saturated heterocycles. The molecule has 5 heteroatoms. The van der Waals surface area contributed by atoms with Gasteiger partial charge in [0.2, 0.25) is 0 Å². The van der Waals surface area contributed by atoms with Gasteiger partial charge in [0, 0.05) is 12.9 Å². The van der Waals surface area contributed by atoms with Crippen molar-refractivity contribution in [1.29, 1.82) is 0 Å². The number of carbonyl (C=O) groups excluding carboxylic acids is 2. The van der Waals surface area contributed by atoms with Crippen molar-refractivity contribution in [3.63, 3.8) is 0 Å². The summed E-state index contributed by atoms with van der Waals surface area (Å²) in [6.07, 6.45) is 0. The van der Waals surface area contributed by atoms with E-state index >= 15 is 0 Å². The Bertz CT molecular complexity index is 97.8. The number of ether oxygens (including phenoxy) is 1. The smallest absolute Gasteiger partial charge is 0.550 e. The van der Waals surface area contributed by atoms with E-state index in [0.717, 1.165) is 6.92 Å². The molecule has 0 heterocycles. The Labute approximate surface area is 75.1 Å². The van der Waals surface area contributed by atoms with Gasteiger partial charge in [-0.2, -0.15) is 0 Å². The SMILES string of the molecule is CC(=O)[O-].COC(C)=O.[Ag+]. The summed E-state index contributed by atoms with van der Waals surface area (Å²) in [5.41, 5.74) is 0. The zero-order valence-electron chi connectivity index (χ0n) is 5.93. The molecule has 0 N–H and O–H groups in total. The van der Waals surface area contributed by atoms with Gasteiger partial charge >= 0.3 is 28.3 Å². The minimum atomic E-state index is -1.08. The van der Waals surface area contributed by atoms with Gasteiger partial charge in [0.15, 0.2) is 0 Å². The largest absolute Gasteiger partial charge is 1.00 e. The Morgan fingerprint density at radius 1 is 1.30 bits per heavy atom. The first-order chi connectivity index (χ1) is 4.00. The summed E-state index contributed by atoms with van der Waals surface area (Å²) in [6.45, 7) is 2.33. The summed E-state index contributed by atoms with van der Waals surface area (Å²) in [7, 11) is 1.35. The number of carbonyl (C=O) groups is 2. The molecular formula is C5H9AgO4. The third-order valence-electron chi connectivity index (χ3n) is 0.287. The fourth-order valence-electron chi connectivity index (χ4n) is 0. The second kappa shape index (κ2) is 11.5. The molecule has 0 saturated carbocycles. The average Bonchev–Trinajstić information content (AvgIpc) is 1.65. The van der Waals surface area contributed by atoms with Crippen LogP contribution in [0.15, 0.2) is 0 Å². The molecule has 0 unspecified atom stereocenters. The number of aliphatic carboxylic acids is 1. The summed E-state index contributed by atoms with van der Waals surface area (Å²) in [4.78, 5) is 18.5. The van der Waals surface area contributed by atoms with Crippen LogP contribution in [0, 0.1) is 0 Å². The standard InChI is InChI=1S/C3H6O2.C2H4O2.Ag/c1-3(4)5-2;1-2(3)4;/h1-2H3;1H3,(H,3,4);/q;;+1/p-1. The van der Waals surface area contributed by atoms with E-state index in [2.05, 4.69) is 4.74 Å². The van der Waals surface area contributed by atoms with Gasteiger partial charge in [-0.1, -0.05) is 0 Å². The molecular weight excluding hydrogens is 232 g/mol. The molecule has 0 aliphatic rings. The van der Waals surface area contributed by atoms with Crippen molar-refractivity contribution >= 4 is 11.9 Å². The molecule has 0 rings (SSSR count). The van der Waals surface area contributed by atoms with E-state index in [1.807, 2.05) is 0 Å². The fraction of sp³-hybridized carbons (Fsp3) is 0.600. The summed E-state index contributed by atoms with van der Waals surface area (Å²) >= 11 is 0. The van der Waals surface area contributed by atoms with E-state index in [0.29, 0.717) is 0 Å². The van der Waals surface area contributed by atoms with Crippen LogP contribution in [0.5, 0.6) is 0 Å². The molecule has 0 bridgehead atoms. The maximum atomic E-state index is 9.59. The zero-order valence-corrected chi connectivity index (χ0v) is 7.42. The van der Waals surface area contributed by atoms with Gasteiger partial charge in [0.25, 0.3) is 0 Å². The first kappa shape index (κ1) is 16.3. The van der Waals surface area contributed by atoms with Crippen LogP contribution in [-0.2, 0) is 36.7 Å². The Balaban J connectivity index is -0.0000000910. The van der Waals surface area contributed by atoms with E-state index in [9.17, 15) is 4.79 Å². The topological polar surface area (TPSA) is 66.4 Å². The second-order valence-corrected chi connectivity index (χ2v) is 1.19. The maximum Gasteiger partial charge on any atom is 1.00 e. The van der Waals surface area contributed by atoms with Gasteiger partial charge in [-0.25, -0.2) is 0 Å². The van der Waals surface area contributed by atoms with Crippen molar-refractivity contribution in [1.82, 2.24) is 0 Å². The molecule has 0 aromatic carbocycles. The Hall–Kier alpha value is -0.320. The second-order valence-electron chi connectivity index (χ2n) is 1.19. The third-order valence-corrected chi connectivity index (χ3v) is 0.287.